The molecule has 0 radical (unpaired) electrons. The highest BCUT2D eigenvalue weighted by atomic mass is 32.1. The summed E-state index contributed by atoms with van der Waals surface area (Å²) in [4.78, 5) is 13.9. The van der Waals surface area contributed by atoms with Gasteiger partial charge in [-0.15, -0.1) is 0 Å². The first-order chi connectivity index (χ1) is 9.98. The minimum Gasteiger partial charge on any atom is -0.388 e. The van der Waals surface area contributed by atoms with E-state index in [1.165, 1.54) is 4.90 Å². The lowest BCUT2D eigenvalue weighted by Gasteiger charge is -2.42. The number of hydrogen-bond donors (Lipinski definition) is 4. The molecule has 1 amide bonds. The molecule has 0 bridgehead atoms. The summed E-state index contributed by atoms with van der Waals surface area (Å²) in [7, 11) is 0. The Morgan fingerprint density at radius 1 is 1.29 bits per heavy atom. The van der Waals surface area contributed by atoms with Crippen LogP contribution in [-0.2, 0) is 9.53 Å². The summed E-state index contributed by atoms with van der Waals surface area (Å²) in [5, 5.41) is 32.6. The highest BCUT2D eigenvalue weighted by Crippen LogP contribution is 2.34. The van der Waals surface area contributed by atoms with Crippen LogP contribution in [0, 0.1) is 0 Å². The number of aliphatic hydroxyl groups is 3. The molecule has 0 aromatic heterocycles. The van der Waals surface area contributed by atoms with Crippen LogP contribution in [0.15, 0.2) is 30.3 Å². The van der Waals surface area contributed by atoms with Crippen LogP contribution in [-0.4, -0.2) is 57.0 Å². The zero-order valence-corrected chi connectivity index (χ0v) is 11.7. The number of amides is 1. The second-order valence-electron chi connectivity index (χ2n) is 4.96. The molecule has 2 fully saturated rings. The van der Waals surface area contributed by atoms with Gasteiger partial charge in [-0.2, -0.15) is 0 Å². The summed E-state index contributed by atoms with van der Waals surface area (Å²) < 4.78 is 4.82. The summed E-state index contributed by atoms with van der Waals surface area (Å²) >= 11 is 5.15. The van der Waals surface area contributed by atoms with Crippen LogP contribution in [0.2, 0.25) is 0 Å². The van der Waals surface area contributed by atoms with Gasteiger partial charge in [-0.05, 0) is 24.4 Å². The highest BCUT2D eigenvalue weighted by Gasteiger charge is 2.63. The topological polar surface area (TPSA) is 102 Å². The molecule has 4 N–H and O–H groups in total. The van der Waals surface area contributed by atoms with E-state index in [2.05, 4.69) is 5.32 Å². The highest BCUT2D eigenvalue weighted by molar-refractivity contribution is 7.80. The van der Waals surface area contributed by atoms with Crippen molar-refractivity contribution in [3.63, 3.8) is 0 Å². The second kappa shape index (κ2) is 5.00. The monoisotopic (exact) mass is 310 g/mol. The van der Waals surface area contributed by atoms with E-state index in [4.69, 9.17) is 17.0 Å². The molecule has 0 aliphatic carbocycles. The van der Waals surface area contributed by atoms with Gasteiger partial charge in [0.15, 0.2) is 16.9 Å². The van der Waals surface area contributed by atoms with Gasteiger partial charge in [0, 0.05) is 0 Å². The van der Waals surface area contributed by atoms with Crippen LogP contribution in [0.1, 0.15) is 0 Å². The zero-order chi connectivity index (χ0) is 15.2. The zero-order valence-electron chi connectivity index (χ0n) is 10.8. The predicted octanol–water partition coefficient (Wildman–Crippen LogP) is -1.28. The van der Waals surface area contributed by atoms with E-state index in [0.717, 1.165) is 0 Å². The fourth-order valence-electron chi connectivity index (χ4n) is 2.64. The molecule has 1 aromatic rings. The predicted molar refractivity (Wildman–Crippen MR) is 76.4 cm³/mol. The Labute approximate surface area is 125 Å². The van der Waals surface area contributed by atoms with Crippen molar-refractivity contribution in [1.82, 2.24) is 5.32 Å². The SMILES string of the molecule is O=C1N(c2ccccc2)C(=S)N[C@@]12[C@H](O)COC(O)[C@H]2O. The normalized spacial score (nSPS) is 36.1. The molecule has 8 heteroatoms. The van der Waals surface area contributed by atoms with Gasteiger partial charge >= 0.3 is 0 Å². The summed E-state index contributed by atoms with van der Waals surface area (Å²) in [5.74, 6) is -0.624. The first-order valence-electron chi connectivity index (χ1n) is 6.36. The number of anilines is 1. The number of nitrogens with zero attached hydrogens (tertiary/aromatic N) is 1. The van der Waals surface area contributed by atoms with E-state index < -0.39 is 29.9 Å². The fraction of sp³-hybridized carbons (Fsp3) is 0.385. The number of carbonyl (C=O) groups excluding carboxylic acids is 1. The Bertz CT molecular complexity index is 583. The molecule has 7 nitrogen and oxygen atoms in total. The van der Waals surface area contributed by atoms with E-state index in [-0.39, 0.29) is 11.7 Å². The lowest BCUT2D eigenvalue weighted by atomic mass is 9.84. The van der Waals surface area contributed by atoms with Crippen molar-refractivity contribution in [3.8, 4) is 0 Å². The molecule has 2 aliphatic rings. The van der Waals surface area contributed by atoms with Gasteiger partial charge in [-0.1, -0.05) is 18.2 Å². The quantitative estimate of drug-likeness (QED) is 0.479. The van der Waals surface area contributed by atoms with Crippen LogP contribution >= 0.6 is 12.2 Å². The summed E-state index contributed by atoms with van der Waals surface area (Å²) in [6, 6.07) is 8.63. The Hall–Kier alpha value is -1.58. The molecule has 2 heterocycles. The minimum absolute atomic E-state index is 0.0541. The molecule has 21 heavy (non-hydrogen) atoms. The van der Waals surface area contributed by atoms with E-state index >= 15 is 0 Å². The van der Waals surface area contributed by atoms with Crippen LogP contribution in [0.4, 0.5) is 5.69 Å². The second-order valence-corrected chi connectivity index (χ2v) is 5.35. The van der Waals surface area contributed by atoms with Crippen molar-refractivity contribution in [2.75, 3.05) is 11.5 Å². The minimum atomic E-state index is -1.80. The van der Waals surface area contributed by atoms with Crippen molar-refractivity contribution in [2.24, 2.45) is 0 Å². The van der Waals surface area contributed by atoms with E-state index in [9.17, 15) is 20.1 Å². The molecule has 1 spiro atoms. The number of rotatable bonds is 1. The van der Waals surface area contributed by atoms with Gasteiger partial charge < -0.3 is 25.4 Å². The third-order valence-electron chi connectivity index (χ3n) is 3.78. The first kappa shape index (κ1) is 14.4. The van der Waals surface area contributed by atoms with Crippen LogP contribution in [0.5, 0.6) is 0 Å². The third-order valence-corrected chi connectivity index (χ3v) is 4.06. The number of benzene rings is 1. The van der Waals surface area contributed by atoms with E-state index in [1.54, 1.807) is 30.3 Å². The molecule has 2 saturated heterocycles. The molecular weight excluding hydrogens is 296 g/mol. The maximum Gasteiger partial charge on any atom is 0.264 e. The lowest BCUT2D eigenvalue weighted by molar-refractivity contribution is -0.241. The van der Waals surface area contributed by atoms with Crippen LogP contribution < -0.4 is 10.2 Å². The number of nitrogens with one attached hydrogen (secondary N) is 1. The van der Waals surface area contributed by atoms with Gasteiger partial charge in [-0.3, -0.25) is 9.69 Å². The average Bonchev–Trinajstić information content (AvgIpc) is 2.75. The molecular formula is C13H14N2O5S. The van der Waals surface area contributed by atoms with E-state index in [1.807, 2.05) is 0 Å². The number of hydrogen-bond acceptors (Lipinski definition) is 6. The van der Waals surface area contributed by atoms with Crippen molar-refractivity contribution in [1.29, 1.82) is 0 Å². The number of para-hydroxylation sites is 1. The van der Waals surface area contributed by atoms with Gasteiger partial charge in [-0.25, -0.2) is 0 Å². The Morgan fingerprint density at radius 3 is 2.62 bits per heavy atom. The van der Waals surface area contributed by atoms with Gasteiger partial charge in [0.1, 0.15) is 12.2 Å². The van der Waals surface area contributed by atoms with Crippen molar-refractivity contribution >= 4 is 28.9 Å². The average molecular weight is 310 g/mol. The summed E-state index contributed by atoms with van der Waals surface area (Å²) in [5.41, 5.74) is -1.29. The van der Waals surface area contributed by atoms with Crippen molar-refractivity contribution in [2.45, 2.75) is 24.0 Å². The molecule has 4 atom stereocenters. The van der Waals surface area contributed by atoms with Gasteiger partial charge in [0.05, 0.1) is 12.3 Å². The van der Waals surface area contributed by atoms with Crippen molar-refractivity contribution in [3.05, 3.63) is 30.3 Å². The van der Waals surface area contributed by atoms with Crippen LogP contribution in [0.3, 0.4) is 0 Å². The Balaban J connectivity index is 2.03. The number of carbonyl (C=O) groups is 1. The molecule has 1 unspecified atom stereocenters. The van der Waals surface area contributed by atoms with Gasteiger partial charge in [0.25, 0.3) is 5.91 Å². The van der Waals surface area contributed by atoms with Crippen LogP contribution in [0.25, 0.3) is 0 Å². The Morgan fingerprint density at radius 2 is 1.95 bits per heavy atom. The summed E-state index contributed by atoms with van der Waals surface area (Å²) in [6.07, 6.45) is -4.56. The first-order valence-corrected chi connectivity index (χ1v) is 6.77. The largest absolute Gasteiger partial charge is 0.388 e. The standard InChI is InChI=1S/C13H14N2O5S/c16-8-6-20-10(18)9(17)13(8)11(19)15(12(21)14-13)7-4-2-1-3-5-7/h1-5,8-10,16-18H,6H2,(H,14,21)/t8-,9-,10?,13-/m1/s1. The smallest absolute Gasteiger partial charge is 0.264 e. The third kappa shape index (κ3) is 1.95. The maximum atomic E-state index is 12.7. The molecule has 3 rings (SSSR count). The summed E-state index contributed by atoms with van der Waals surface area (Å²) in [6.45, 7) is -0.289. The Kier molecular flexibility index (Phi) is 3.42. The number of thiocarbonyl (C=S) groups is 1. The number of aliphatic hydroxyl groups excluding tert-OH is 3. The molecule has 112 valence electrons. The molecule has 0 saturated carbocycles. The lowest BCUT2D eigenvalue weighted by Crippen LogP contribution is -2.71. The molecule has 1 aromatic carbocycles. The fourth-order valence-corrected chi connectivity index (χ4v) is 2.99. The molecule has 2 aliphatic heterocycles. The number of ether oxygens (including phenoxy) is 1. The maximum absolute atomic E-state index is 12.7. The van der Waals surface area contributed by atoms with Crippen molar-refractivity contribution < 1.29 is 24.9 Å². The van der Waals surface area contributed by atoms with E-state index in [0.29, 0.717) is 5.69 Å². The van der Waals surface area contributed by atoms with Gasteiger partial charge in [0.2, 0.25) is 0 Å².